The summed E-state index contributed by atoms with van der Waals surface area (Å²) in [5, 5.41) is 6.95. The lowest BCUT2D eigenvalue weighted by Gasteiger charge is -2.02. The standard InChI is InChI=1S/C10H12N4O/c1-8-13-10(15-14-8)4-7-12-9-2-5-11-6-3-9/h2-3,5-6H,4,7H2,1H3,(H,11,12). The minimum absolute atomic E-state index is 0.661. The van der Waals surface area contributed by atoms with Gasteiger partial charge in [-0.2, -0.15) is 4.98 Å². The van der Waals surface area contributed by atoms with Crippen LogP contribution in [0.25, 0.3) is 0 Å². The Morgan fingerprint density at radius 3 is 2.80 bits per heavy atom. The largest absolute Gasteiger partial charge is 0.384 e. The highest BCUT2D eigenvalue weighted by Crippen LogP contribution is 2.03. The van der Waals surface area contributed by atoms with Crippen molar-refractivity contribution < 1.29 is 4.52 Å². The minimum atomic E-state index is 0.661. The van der Waals surface area contributed by atoms with E-state index in [1.54, 1.807) is 12.4 Å². The Morgan fingerprint density at radius 2 is 2.13 bits per heavy atom. The summed E-state index contributed by atoms with van der Waals surface area (Å²) in [6.07, 6.45) is 4.22. The number of anilines is 1. The second kappa shape index (κ2) is 4.54. The molecule has 5 nitrogen and oxygen atoms in total. The third-order valence-corrected chi connectivity index (χ3v) is 1.92. The molecule has 0 bridgehead atoms. The molecule has 2 aromatic rings. The van der Waals surface area contributed by atoms with Crippen molar-refractivity contribution in [3.8, 4) is 0 Å². The highest BCUT2D eigenvalue weighted by molar-refractivity contribution is 5.40. The van der Waals surface area contributed by atoms with E-state index in [0.29, 0.717) is 11.7 Å². The predicted octanol–water partition coefficient (Wildman–Crippen LogP) is 1.43. The maximum Gasteiger partial charge on any atom is 0.228 e. The Bertz CT molecular complexity index is 412. The van der Waals surface area contributed by atoms with Crippen molar-refractivity contribution in [2.45, 2.75) is 13.3 Å². The molecule has 0 unspecified atom stereocenters. The molecule has 0 radical (unpaired) electrons. The van der Waals surface area contributed by atoms with Crippen LogP contribution < -0.4 is 5.32 Å². The molecule has 1 N–H and O–H groups in total. The molecule has 5 heteroatoms. The molecule has 0 aromatic carbocycles. The van der Waals surface area contributed by atoms with Crippen LogP contribution in [0.5, 0.6) is 0 Å². The van der Waals surface area contributed by atoms with E-state index < -0.39 is 0 Å². The van der Waals surface area contributed by atoms with Crippen molar-refractivity contribution in [2.75, 3.05) is 11.9 Å². The lowest BCUT2D eigenvalue weighted by atomic mass is 10.3. The maximum atomic E-state index is 4.99. The van der Waals surface area contributed by atoms with Gasteiger partial charge in [0.2, 0.25) is 5.89 Å². The smallest absolute Gasteiger partial charge is 0.228 e. The van der Waals surface area contributed by atoms with Gasteiger partial charge in [-0.15, -0.1) is 0 Å². The molecule has 2 rings (SSSR count). The zero-order valence-corrected chi connectivity index (χ0v) is 8.47. The molecule has 2 heterocycles. The first-order valence-corrected chi connectivity index (χ1v) is 4.78. The van der Waals surface area contributed by atoms with Crippen molar-refractivity contribution in [2.24, 2.45) is 0 Å². The SMILES string of the molecule is Cc1noc(CCNc2ccncc2)n1. The van der Waals surface area contributed by atoms with E-state index in [4.69, 9.17) is 4.52 Å². The fourth-order valence-electron chi connectivity index (χ4n) is 1.23. The molecule has 0 amide bonds. The van der Waals surface area contributed by atoms with E-state index in [2.05, 4.69) is 20.4 Å². The molecule has 15 heavy (non-hydrogen) atoms. The van der Waals surface area contributed by atoms with Crippen LogP contribution >= 0.6 is 0 Å². The van der Waals surface area contributed by atoms with Gasteiger partial charge in [0.25, 0.3) is 0 Å². The highest BCUT2D eigenvalue weighted by atomic mass is 16.5. The molecule has 0 saturated heterocycles. The van der Waals surface area contributed by atoms with Crippen LogP contribution in [0.4, 0.5) is 5.69 Å². The number of nitrogens with zero attached hydrogens (tertiary/aromatic N) is 3. The molecule has 78 valence electrons. The number of hydrogen-bond donors (Lipinski definition) is 1. The van der Waals surface area contributed by atoms with Gasteiger partial charge in [0.15, 0.2) is 5.82 Å². The molecular weight excluding hydrogens is 192 g/mol. The van der Waals surface area contributed by atoms with Gasteiger partial charge in [-0.1, -0.05) is 5.16 Å². The first-order valence-electron chi connectivity index (χ1n) is 4.78. The van der Waals surface area contributed by atoms with E-state index in [-0.39, 0.29) is 0 Å². The number of aryl methyl sites for hydroxylation is 1. The first kappa shape index (κ1) is 9.64. The summed E-state index contributed by atoms with van der Waals surface area (Å²) in [7, 11) is 0. The second-order valence-electron chi connectivity index (χ2n) is 3.15. The molecule has 2 aromatic heterocycles. The maximum absolute atomic E-state index is 4.99. The molecule has 0 spiro atoms. The minimum Gasteiger partial charge on any atom is -0.384 e. The van der Waals surface area contributed by atoms with Crippen LogP contribution in [0.3, 0.4) is 0 Å². The van der Waals surface area contributed by atoms with Gasteiger partial charge in [-0.05, 0) is 19.1 Å². The number of pyridine rings is 1. The molecule has 0 fully saturated rings. The Kier molecular flexibility index (Phi) is 2.92. The van der Waals surface area contributed by atoms with Gasteiger partial charge in [-0.25, -0.2) is 0 Å². The van der Waals surface area contributed by atoms with Crippen molar-refractivity contribution >= 4 is 5.69 Å². The van der Waals surface area contributed by atoms with Gasteiger partial charge in [-0.3, -0.25) is 4.98 Å². The van der Waals surface area contributed by atoms with Gasteiger partial charge >= 0.3 is 0 Å². The fourth-order valence-corrected chi connectivity index (χ4v) is 1.23. The quantitative estimate of drug-likeness (QED) is 0.816. The van der Waals surface area contributed by atoms with Crippen molar-refractivity contribution in [1.82, 2.24) is 15.1 Å². The summed E-state index contributed by atoms with van der Waals surface area (Å²) in [4.78, 5) is 8.05. The normalized spacial score (nSPS) is 10.2. The summed E-state index contributed by atoms with van der Waals surface area (Å²) in [5.74, 6) is 1.34. The zero-order chi connectivity index (χ0) is 10.5. The average Bonchev–Trinajstić information content (AvgIpc) is 2.66. The van der Waals surface area contributed by atoms with Crippen LogP contribution in [0.2, 0.25) is 0 Å². The average molecular weight is 204 g/mol. The number of aromatic nitrogens is 3. The topological polar surface area (TPSA) is 63.8 Å². The monoisotopic (exact) mass is 204 g/mol. The summed E-state index contributed by atoms with van der Waals surface area (Å²) in [5.41, 5.74) is 1.04. The van der Waals surface area contributed by atoms with Crippen LogP contribution in [0, 0.1) is 6.92 Å². The Morgan fingerprint density at radius 1 is 1.33 bits per heavy atom. The van der Waals surface area contributed by atoms with Crippen LogP contribution in [0.1, 0.15) is 11.7 Å². The van der Waals surface area contributed by atoms with Crippen molar-refractivity contribution in [3.63, 3.8) is 0 Å². The van der Waals surface area contributed by atoms with Gasteiger partial charge < -0.3 is 9.84 Å². The van der Waals surface area contributed by atoms with Gasteiger partial charge in [0.05, 0.1) is 0 Å². The molecule has 0 aliphatic rings. The lowest BCUT2D eigenvalue weighted by Crippen LogP contribution is -2.04. The first-order chi connectivity index (χ1) is 7.34. The Labute approximate surface area is 87.5 Å². The second-order valence-corrected chi connectivity index (χ2v) is 3.15. The zero-order valence-electron chi connectivity index (χ0n) is 8.47. The van der Waals surface area contributed by atoms with E-state index >= 15 is 0 Å². The summed E-state index contributed by atoms with van der Waals surface area (Å²) >= 11 is 0. The van der Waals surface area contributed by atoms with Gasteiger partial charge in [0, 0.05) is 31.0 Å². The fraction of sp³-hybridized carbons (Fsp3) is 0.300. The van der Waals surface area contributed by atoms with Crippen molar-refractivity contribution in [3.05, 3.63) is 36.2 Å². The lowest BCUT2D eigenvalue weighted by molar-refractivity contribution is 0.377. The van der Waals surface area contributed by atoms with E-state index in [1.807, 2.05) is 19.1 Å². The molecule has 0 aliphatic carbocycles. The molecule has 0 atom stereocenters. The van der Waals surface area contributed by atoms with Crippen LogP contribution in [-0.2, 0) is 6.42 Å². The molecule has 0 aliphatic heterocycles. The van der Waals surface area contributed by atoms with Crippen molar-refractivity contribution in [1.29, 1.82) is 0 Å². The molecular formula is C10H12N4O. The molecule has 0 saturated carbocycles. The summed E-state index contributed by atoms with van der Waals surface area (Å²) in [6, 6.07) is 3.83. The van der Waals surface area contributed by atoms with Gasteiger partial charge in [0.1, 0.15) is 0 Å². The number of hydrogen-bond acceptors (Lipinski definition) is 5. The van der Waals surface area contributed by atoms with E-state index in [0.717, 1.165) is 18.7 Å². The summed E-state index contributed by atoms with van der Waals surface area (Å²) in [6.45, 7) is 2.58. The Balaban J connectivity index is 1.80. The predicted molar refractivity (Wildman–Crippen MR) is 55.5 cm³/mol. The number of nitrogens with one attached hydrogen (secondary N) is 1. The third kappa shape index (κ3) is 2.77. The Hall–Kier alpha value is -1.91. The van der Waals surface area contributed by atoms with Crippen LogP contribution in [-0.4, -0.2) is 21.7 Å². The third-order valence-electron chi connectivity index (χ3n) is 1.92. The number of rotatable bonds is 4. The highest BCUT2D eigenvalue weighted by Gasteiger charge is 2.01. The van der Waals surface area contributed by atoms with Crippen LogP contribution in [0.15, 0.2) is 29.0 Å². The van der Waals surface area contributed by atoms with E-state index in [1.165, 1.54) is 0 Å². The van der Waals surface area contributed by atoms with E-state index in [9.17, 15) is 0 Å². The summed E-state index contributed by atoms with van der Waals surface area (Å²) < 4.78 is 4.99.